The zero-order chi connectivity index (χ0) is 14.2. The van der Waals surface area contributed by atoms with E-state index in [0.717, 1.165) is 38.6 Å². The number of hydrogen-bond acceptors (Lipinski definition) is 5. The fraction of sp³-hybridized carbons (Fsp3) is 0.786. The molecule has 1 N–H and O–H groups in total. The average molecular weight is 316 g/mol. The Morgan fingerprint density at radius 1 is 1.57 bits per heavy atom. The Morgan fingerprint density at radius 2 is 2.38 bits per heavy atom. The lowest BCUT2D eigenvalue weighted by Gasteiger charge is -2.23. The topological polar surface area (TPSA) is 79.5 Å². The van der Waals surface area contributed by atoms with Gasteiger partial charge in [-0.2, -0.15) is 4.98 Å². The molecule has 3 rings (SSSR count). The van der Waals surface area contributed by atoms with Crippen molar-refractivity contribution < 1.29 is 14.4 Å². The fourth-order valence-electron chi connectivity index (χ4n) is 3.73. The maximum absolute atomic E-state index is 11.6. The SMILES string of the molecule is CCCc1nc(CN2C[C@@H]3CCC[C@@]3(C(=O)O)C2)no1.Cl. The molecule has 7 heteroatoms. The first-order valence-electron chi connectivity index (χ1n) is 7.41. The van der Waals surface area contributed by atoms with Crippen LogP contribution in [0.2, 0.25) is 0 Å². The first kappa shape index (κ1) is 16.2. The molecular formula is C14H22ClN3O3. The van der Waals surface area contributed by atoms with Gasteiger partial charge in [0.1, 0.15) is 0 Å². The van der Waals surface area contributed by atoms with E-state index in [2.05, 4.69) is 22.0 Å². The van der Waals surface area contributed by atoms with E-state index in [1.807, 2.05) is 0 Å². The van der Waals surface area contributed by atoms with Gasteiger partial charge in [-0.15, -0.1) is 12.4 Å². The number of nitrogens with zero attached hydrogens (tertiary/aromatic N) is 3. The zero-order valence-corrected chi connectivity index (χ0v) is 13.1. The molecule has 1 saturated carbocycles. The Labute approximate surface area is 130 Å². The van der Waals surface area contributed by atoms with Crippen molar-refractivity contribution in [3.05, 3.63) is 11.7 Å². The molecular weight excluding hydrogens is 294 g/mol. The molecule has 0 unspecified atom stereocenters. The van der Waals surface area contributed by atoms with Gasteiger partial charge in [-0.1, -0.05) is 18.5 Å². The van der Waals surface area contributed by atoms with Crippen LogP contribution in [0.1, 0.15) is 44.3 Å². The van der Waals surface area contributed by atoms with Crippen molar-refractivity contribution in [2.75, 3.05) is 13.1 Å². The Morgan fingerprint density at radius 3 is 3.05 bits per heavy atom. The van der Waals surface area contributed by atoms with Crippen molar-refractivity contribution in [1.29, 1.82) is 0 Å². The van der Waals surface area contributed by atoms with Crippen molar-refractivity contribution in [3.8, 4) is 0 Å². The molecule has 118 valence electrons. The molecule has 0 amide bonds. The molecule has 2 aliphatic rings. The molecule has 6 nitrogen and oxygen atoms in total. The van der Waals surface area contributed by atoms with Crippen LogP contribution in [0.5, 0.6) is 0 Å². The molecule has 0 radical (unpaired) electrons. The maximum Gasteiger partial charge on any atom is 0.311 e. The van der Waals surface area contributed by atoms with Crippen LogP contribution in [0.15, 0.2) is 4.52 Å². The number of carbonyl (C=O) groups is 1. The smallest absolute Gasteiger partial charge is 0.311 e. The van der Waals surface area contributed by atoms with Crippen LogP contribution in [0.3, 0.4) is 0 Å². The lowest BCUT2D eigenvalue weighted by atomic mass is 9.81. The Bertz CT molecular complexity index is 507. The van der Waals surface area contributed by atoms with Gasteiger partial charge in [0.05, 0.1) is 12.0 Å². The summed E-state index contributed by atoms with van der Waals surface area (Å²) >= 11 is 0. The molecule has 21 heavy (non-hydrogen) atoms. The number of rotatable bonds is 5. The Balaban J connectivity index is 0.00000161. The second-order valence-corrected chi connectivity index (χ2v) is 6.07. The molecule has 1 aliphatic carbocycles. The number of carboxylic acids is 1. The van der Waals surface area contributed by atoms with Crippen LogP contribution < -0.4 is 0 Å². The predicted molar refractivity (Wildman–Crippen MR) is 78.2 cm³/mol. The van der Waals surface area contributed by atoms with Crippen LogP contribution in [-0.4, -0.2) is 39.2 Å². The summed E-state index contributed by atoms with van der Waals surface area (Å²) in [7, 11) is 0. The minimum Gasteiger partial charge on any atom is -0.481 e. The van der Waals surface area contributed by atoms with Crippen LogP contribution in [0.25, 0.3) is 0 Å². The molecule has 2 atom stereocenters. The van der Waals surface area contributed by atoms with Crippen molar-refractivity contribution in [2.45, 2.75) is 45.6 Å². The third-order valence-corrected chi connectivity index (χ3v) is 4.71. The standard InChI is InChI=1S/C14H21N3O3.ClH/c1-2-4-12-15-11(16-20-12)8-17-7-10-5-3-6-14(10,9-17)13(18)19;/h10H,2-9H2,1H3,(H,18,19);1H/t10-,14+;/m0./s1. The lowest BCUT2D eigenvalue weighted by Crippen LogP contribution is -2.35. The van der Waals surface area contributed by atoms with Gasteiger partial charge >= 0.3 is 5.97 Å². The predicted octanol–water partition coefficient (Wildman–Crippen LogP) is 2.13. The highest BCUT2D eigenvalue weighted by Crippen LogP contribution is 2.49. The maximum atomic E-state index is 11.6. The molecule has 1 aliphatic heterocycles. The molecule has 0 aromatic carbocycles. The Kier molecular flexibility index (Phi) is 4.88. The van der Waals surface area contributed by atoms with Gasteiger partial charge in [0, 0.05) is 19.5 Å². The quantitative estimate of drug-likeness (QED) is 0.896. The number of hydrogen-bond donors (Lipinski definition) is 1. The van der Waals surface area contributed by atoms with Crippen molar-refractivity contribution in [2.24, 2.45) is 11.3 Å². The van der Waals surface area contributed by atoms with E-state index in [0.29, 0.717) is 24.8 Å². The number of fused-ring (bicyclic) bond motifs is 1. The third-order valence-electron chi connectivity index (χ3n) is 4.71. The van der Waals surface area contributed by atoms with Crippen molar-refractivity contribution in [3.63, 3.8) is 0 Å². The number of likely N-dealkylation sites (tertiary alicyclic amines) is 1. The lowest BCUT2D eigenvalue weighted by molar-refractivity contribution is -0.149. The van der Waals surface area contributed by atoms with Crippen LogP contribution in [-0.2, 0) is 17.8 Å². The highest BCUT2D eigenvalue weighted by atomic mass is 35.5. The monoisotopic (exact) mass is 315 g/mol. The summed E-state index contributed by atoms with van der Waals surface area (Å²) in [6, 6.07) is 0. The van der Waals surface area contributed by atoms with E-state index in [-0.39, 0.29) is 18.3 Å². The minimum absolute atomic E-state index is 0. The van der Waals surface area contributed by atoms with E-state index in [1.54, 1.807) is 0 Å². The van der Waals surface area contributed by atoms with Gasteiger partial charge in [-0.3, -0.25) is 9.69 Å². The normalized spacial score (nSPS) is 28.3. The summed E-state index contributed by atoms with van der Waals surface area (Å²) in [6.45, 7) is 4.12. The van der Waals surface area contributed by atoms with E-state index < -0.39 is 11.4 Å². The molecule has 2 heterocycles. The molecule has 1 saturated heterocycles. The summed E-state index contributed by atoms with van der Waals surface area (Å²) in [4.78, 5) is 18.1. The van der Waals surface area contributed by atoms with E-state index in [1.165, 1.54) is 0 Å². The fourth-order valence-corrected chi connectivity index (χ4v) is 3.73. The minimum atomic E-state index is -0.637. The summed E-state index contributed by atoms with van der Waals surface area (Å²) < 4.78 is 5.18. The van der Waals surface area contributed by atoms with Gasteiger partial charge in [-0.25, -0.2) is 0 Å². The van der Waals surface area contributed by atoms with Crippen LogP contribution in [0, 0.1) is 11.3 Å². The highest BCUT2D eigenvalue weighted by Gasteiger charge is 2.54. The molecule has 2 fully saturated rings. The van der Waals surface area contributed by atoms with Gasteiger partial charge in [0.15, 0.2) is 5.82 Å². The van der Waals surface area contributed by atoms with Crippen molar-refractivity contribution in [1.82, 2.24) is 15.0 Å². The molecule has 0 spiro atoms. The molecule has 1 aromatic heterocycles. The Hall–Kier alpha value is -1.14. The molecule has 1 aromatic rings. The number of halogens is 1. The second-order valence-electron chi connectivity index (χ2n) is 6.07. The largest absolute Gasteiger partial charge is 0.481 e. The van der Waals surface area contributed by atoms with E-state index in [9.17, 15) is 9.90 Å². The number of aromatic nitrogens is 2. The van der Waals surface area contributed by atoms with Crippen LogP contribution >= 0.6 is 12.4 Å². The summed E-state index contributed by atoms with van der Waals surface area (Å²) in [5, 5.41) is 13.5. The average Bonchev–Trinajstić information content (AvgIpc) is 3.04. The van der Waals surface area contributed by atoms with Crippen LogP contribution in [0.4, 0.5) is 0 Å². The van der Waals surface area contributed by atoms with E-state index >= 15 is 0 Å². The first-order chi connectivity index (χ1) is 9.64. The second kappa shape index (κ2) is 6.32. The van der Waals surface area contributed by atoms with Gasteiger partial charge < -0.3 is 9.63 Å². The first-order valence-corrected chi connectivity index (χ1v) is 7.41. The number of aryl methyl sites for hydroxylation is 1. The number of carboxylic acid groups (broad SMARTS) is 1. The summed E-state index contributed by atoms with van der Waals surface area (Å²) in [5.41, 5.74) is -0.532. The van der Waals surface area contributed by atoms with Crippen molar-refractivity contribution >= 4 is 18.4 Å². The van der Waals surface area contributed by atoms with Gasteiger partial charge in [0.25, 0.3) is 0 Å². The van der Waals surface area contributed by atoms with Gasteiger partial charge in [-0.05, 0) is 25.2 Å². The molecule has 0 bridgehead atoms. The zero-order valence-electron chi connectivity index (χ0n) is 12.2. The number of aliphatic carboxylic acids is 1. The van der Waals surface area contributed by atoms with E-state index in [4.69, 9.17) is 4.52 Å². The summed E-state index contributed by atoms with van der Waals surface area (Å²) in [5.74, 6) is 0.994. The third kappa shape index (κ3) is 2.92. The summed E-state index contributed by atoms with van der Waals surface area (Å²) in [6.07, 6.45) is 4.64. The van der Waals surface area contributed by atoms with Gasteiger partial charge in [0.2, 0.25) is 5.89 Å². The highest BCUT2D eigenvalue weighted by molar-refractivity contribution is 5.85.